The molecule has 2 heterocycles. The molecule has 0 saturated heterocycles. The van der Waals surface area contributed by atoms with Crippen molar-refractivity contribution < 1.29 is 4.79 Å². The summed E-state index contributed by atoms with van der Waals surface area (Å²) >= 11 is 0. The zero-order valence-corrected chi connectivity index (χ0v) is 11.8. The van der Waals surface area contributed by atoms with E-state index in [0.29, 0.717) is 6.54 Å². The molecule has 4 rings (SSSR count). The van der Waals surface area contributed by atoms with Gasteiger partial charge in [0.05, 0.1) is 24.3 Å². The maximum absolute atomic E-state index is 12.7. The topological polar surface area (TPSA) is 38.1 Å². The van der Waals surface area contributed by atoms with Gasteiger partial charge < -0.3 is 9.47 Å². The van der Waals surface area contributed by atoms with Gasteiger partial charge in [-0.2, -0.15) is 0 Å². The lowest BCUT2D eigenvalue weighted by atomic mass is 10.1. The van der Waals surface area contributed by atoms with Gasteiger partial charge in [-0.05, 0) is 24.4 Å². The van der Waals surface area contributed by atoms with Crippen LogP contribution < -0.4 is 4.90 Å². The lowest BCUT2D eigenvalue weighted by molar-refractivity contribution is 0.0991. The second-order valence-electron chi connectivity index (χ2n) is 5.24. The summed E-state index contributed by atoms with van der Waals surface area (Å²) in [5, 5.41) is 2.18. The molecule has 1 aromatic heterocycles. The van der Waals surface area contributed by atoms with Crippen molar-refractivity contribution in [1.29, 1.82) is 0 Å². The molecule has 0 radical (unpaired) electrons. The van der Waals surface area contributed by atoms with Gasteiger partial charge in [-0.25, -0.2) is 4.98 Å². The summed E-state index contributed by atoms with van der Waals surface area (Å²) in [6, 6.07) is 12.0. The molecule has 2 aromatic carbocycles. The molecule has 104 valence electrons. The van der Waals surface area contributed by atoms with Crippen LogP contribution in [0.5, 0.6) is 0 Å². The predicted octanol–water partition coefficient (Wildman–Crippen LogP) is 3.22. The quantitative estimate of drug-likeness (QED) is 0.737. The largest absolute Gasteiger partial charge is 0.333 e. The Morgan fingerprint density at radius 3 is 2.76 bits per heavy atom. The van der Waals surface area contributed by atoms with Crippen molar-refractivity contribution in [2.24, 2.45) is 0 Å². The molecule has 0 bridgehead atoms. The Bertz CT molecular complexity index is 845. The van der Waals surface area contributed by atoms with E-state index < -0.39 is 0 Å². The highest BCUT2D eigenvalue weighted by molar-refractivity contribution is 6.24. The van der Waals surface area contributed by atoms with Crippen LogP contribution in [0.3, 0.4) is 0 Å². The maximum Gasteiger partial charge on any atom is 0.259 e. The van der Waals surface area contributed by atoms with Crippen LogP contribution in [0.4, 0.5) is 5.69 Å². The minimum atomic E-state index is 0.0747. The standard InChI is InChI=1S/C17H15N3O/c1-2-19-11-18-9-13(19)10-20-15-8-4-6-12-5-3-7-14(16(12)15)17(20)21/h3-9,11H,2,10H2,1H3. The summed E-state index contributed by atoms with van der Waals surface area (Å²) in [5.41, 5.74) is 2.85. The van der Waals surface area contributed by atoms with E-state index >= 15 is 0 Å². The van der Waals surface area contributed by atoms with Crippen molar-refractivity contribution in [1.82, 2.24) is 9.55 Å². The Labute approximate surface area is 122 Å². The van der Waals surface area contributed by atoms with Gasteiger partial charge in [0.25, 0.3) is 5.91 Å². The average Bonchev–Trinajstić information content (AvgIpc) is 3.07. The van der Waals surface area contributed by atoms with Gasteiger partial charge in [0.15, 0.2) is 0 Å². The zero-order chi connectivity index (χ0) is 14.4. The first-order valence-electron chi connectivity index (χ1n) is 7.12. The van der Waals surface area contributed by atoms with Crippen LogP contribution in [0.25, 0.3) is 10.8 Å². The third kappa shape index (κ3) is 1.69. The maximum atomic E-state index is 12.7. The fourth-order valence-corrected chi connectivity index (χ4v) is 3.06. The highest BCUT2D eigenvalue weighted by Gasteiger charge is 2.29. The minimum Gasteiger partial charge on any atom is -0.333 e. The predicted molar refractivity (Wildman–Crippen MR) is 82.4 cm³/mol. The van der Waals surface area contributed by atoms with E-state index in [1.807, 2.05) is 41.7 Å². The summed E-state index contributed by atoms with van der Waals surface area (Å²) in [5.74, 6) is 0.0747. The van der Waals surface area contributed by atoms with Gasteiger partial charge >= 0.3 is 0 Å². The Kier molecular flexibility index (Phi) is 2.57. The van der Waals surface area contributed by atoms with Crippen LogP contribution in [-0.4, -0.2) is 15.5 Å². The van der Waals surface area contributed by atoms with Gasteiger partial charge in [0.2, 0.25) is 0 Å². The van der Waals surface area contributed by atoms with Crippen molar-refractivity contribution in [3.05, 3.63) is 60.2 Å². The monoisotopic (exact) mass is 277 g/mol. The number of hydrogen-bond acceptors (Lipinski definition) is 2. The molecule has 0 spiro atoms. The Morgan fingerprint density at radius 1 is 1.14 bits per heavy atom. The molecule has 0 unspecified atom stereocenters. The Balaban J connectivity index is 1.83. The fraction of sp³-hybridized carbons (Fsp3) is 0.176. The molecule has 0 saturated carbocycles. The average molecular weight is 277 g/mol. The van der Waals surface area contributed by atoms with Crippen molar-refractivity contribution in [3.63, 3.8) is 0 Å². The molecule has 0 fully saturated rings. The van der Waals surface area contributed by atoms with Crippen molar-refractivity contribution in [2.45, 2.75) is 20.0 Å². The summed E-state index contributed by atoms with van der Waals surface area (Å²) in [6.07, 6.45) is 3.64. The molecule has 4 nitrogen and oxygen atoms in total. The lowest BCUT2D eigenvalue weighted by Gasteiger charge is -2.18. The molecule has 1 amide bonds. The van der Waals surface area contributed by atoms with Crippen molar-refractivity contribution in [3.8, 4) is 0 Å². The van der Waals surface area contributed by atoms with Crippen LogP contribution in [0.2, 0.25) is 0 Å². The fourth-order valence-electron chi connectivity index (χ4n) is 3.06. The molecule has 1 aliphatic heterocycles. The van der Waals surface area contributed by atoms with E-state index in [2.05, 4.69) is 28.6 Å². The van der Waals surface area contributed by atoms with Crippen LogP contribution in [0.1, 0.15) is 23.0 Å². The number of imidazole rings is 1. The van der Waals surface area contributed by atoms with E-state index in [4.69, 9.17) is 0 Å². The molecule has 1 aliphatic rings. The summed E-state index contributed by atoms with van der Waals surface area (Å²) in [7, 11) is 0. The molecule has 0 N–H and O–H groups in total. The SMILES string of the molecule is CCn1cncc1CN1C(=O)c2cccc3cccc1c23. The number of aryl methyl sites for hydroxylation is 1. The van der Waals surface area contributed by atoms with Crippen LogP contribution in [0, 0.1) is 0 Å². The molecule has 21 heavy (non-hydrogen) atoms. The molecule has 0 atom stereocenters. The Hall–Kier alpha value is -2.62. The number of carbonyl (C=O) groups excluding carboxylic acids is 1. The van der Waals surface area contributed by atoms with Crippen molar-refractivity contribution in [2.75, 3.05) is 4.90 Å². The van der Waals surface area contributed by atoms with E-state index in [0.717, 1.165) is 34.3 Å². The Morgan fingerprint density at radius 2 is 1.95 bits per heavy atom. The number of anilines is 1. The van der Waals surface area contributed by atoms with E-state index in [1.54, 1.807) is 0 Å². The number of carbonyl (C=O) groups is 1. The van der Waals surface area contributed by atoms with Crippen molar-refractivity contribution >= 4 is 22.4 Å². The number of amides is 1. The molecule has 4 heteroatoms. The second-order valence-corrected chi connectivity index (χ2v) is 5.24. The number of benzene rings is 2. The van der Waals surface area contributed by atoms with Gasteiger partial charge in [-0.1, -0.05) is 24.3 Å². The van der Waals surface area contributed by atoms with Crippen LogP contribution >= 0.6 is 0 Å². The minimum absolute atomic E-state index is 0.0747. The highest BCUT2D eigenvalue weighted by Crippen LogP contribution is 2.37. The number of aromatic nitrogens is 2. The first-order valence-corrected chi connectivity index (χ1v) is 7.12. The first kappa shape index (κ1) is 12.1. The van der Waals surface area contributed by atoms with Gasteiger partial charge in [0.1, 0.15) is 0 Å². The lowest BCUT2D eigenvalue weighted by Crippen LogP contribution is -2.27. The van der Waals surface area contributed by atoms with Crippen LogP contribution in [0.15, 0.2) is 48.9 Å². The first-order chi connectivity index (χ1) is 10.3. The highest BCUT2D eigenvalue weighted by atomic mass is 16.2. The molecular weight excluding hydrogens is 262 g/mol. The second kappa shape index (κ2) is 4.45. The third-order valence-electron chi connectivity index (χ3n) is 4.11. The van der Waals surface area contributed by atoms with Gasteiger partial charge in [0, 0.05) is 23.7 Å². The van der Waals surface area contributed by atoms with Crippen LogP contribution in [-0.2, 0) is 13.1 Å². The number of rotatable bonds is 3. The summed E-state index contributed by atoms with van der Waals surface area (Å²) in [4.78, 5) is 18.7. The normalized spacial score (nSPS) is 13.4. The zero-order valence-electron chi connectivity index (χ0n) is 11.8. The van der Waals surface area contributed by atoms with E-state index in [-0.39, 0.29) is 5.91 Å². The van der Waals surface area contributed by atoms with Gasteiger partial charge in [-0.3, -0.25) is 4.79 Å². The van der Waals surface area contributed by atoms with E-state index in [1.165, 1.54) is 0 Å². The smallest absolute Gasteiger partial charge is 0.259 e. The number of hydrogen-bond donors (Lipinski definition) is 0. The molecule has 0 aliphatic carbocycles. The molecular formula is C17H15N3O. The summed E-state index contributed by atoms with van der Waals surface area (Å²) < 4.78 is 2.07. The summed E-state index contributed by atoms with van der Waals surface area (Å²) in [6.45, 7) is 3.49. The molecule has 3 aromatic rings. The van der Waals surface area contributed by atoms with Gasteiger partial charge in [-0.15, -0.1) is 0 Å². The third-order valence-corrected chi connectivity index (χ3v) is 4.11. The van der Waals surface area contributed by atoms with E-state index in [9.17, 15) is 4.79 Å². The number of nitrogens with zero attached hydrogens (tertiary/aromatic N) is 3.